The molecule has 0 unspecified atom stereocenters. The summed E-state index contributed by atoms with van der Waals surface area (Å²) in [6, 6.07) is 3.51. The molecule has 0 bridgehead atoms. The van der Waals surface area contributed by atoms with Crippen LogP contribution in [0.2, 0.25) is 0 Å². The lowest BCUT2D eigenvalue weighted by atomic mass is 10.0. The first kappa shape index (κ1) is 17.2. The normalized spacial score (nSPS) is 18.9. The van der Waals surface area contributed by atoms with Crippen LogP contribution in [0.4, 0.5) is 0 Å². The lowest BCUT2D eigenvalue weighted by Crippen LogP contribution is -2.32. The topological polar surface area (TPSA) is 64.6 Å². The maximum atomic E-state index is 12.6. The van der Waals surface area contributed by atoms with E-state index in [2.05, 4.69) is 4.72 Å². The van der Waals surface area contributed by atoms with Crippen molar-refractivity contribution in [1.82, 2.24) is 4.72 Å². The quantitative estimate of drug-likeness (QED) is 0.872. The van der Waals surface area contributed by atoms with Crippen molar-refractivity contribution in [2.24, 2.45) is 0 Å². The molecule has 6 heteroatoms. The second-order valence-corrected chi connectivity index (χ2v) is 7.74. The molecular formula is C16H25NO4S. The molecule has 2 rings (SSSR count). The fourth-order valence-electron chi connectivity index (χ4n) is 2.68. The number of benzene rings is 1. The first-order valence-corrected chi connectivity index (χ1v) is 9.13. The molecule has 22 heavy (non-hydrogen) atoms. The maximum Gasteiger partial charge on any atom is 0.240 e. The number of ether oxygens (including phenoxy) is 2. The minimum Gasteiger partial charge on any atom is -0.496 e. The van der Waals surface area contributed by atoms with Crippen molar-refractivity contribution in [3.05, 3.63) is 23.3 Å². The van der Waals surface area contributed by atoms with Crippen LogP contribution in [-0.2, 0) is 14.8 Å². The summed E-state index contributed by atoms with van der Waals surface area (Å²) in [6.07, 6.45) is 1.88. The summed E-state index contributed by atoms with van der Waals surface area (Å²) < 4.78 is 38.6. The predicted molar refractivity (Wildman–Crippen MR) is 86.0 cm³/mol. The van der Waals surface area contributed by atoms with Crippen molar-refractivity contribution in [2.45, 2.75) is 50.5 Å². The molecule has 1 aliphatic heterocycles. The number of hydrogen-bond acceptors (Lipinski definition) is 4. The zero-order valence-electron chi connectivity index (χ0n) is 13.7. The van der Waals surface area contributed by atoms with Gasteiger partial charge in [0.05, 0.1) is 18.1 Å². The highest BCUT2D eigenvalue weighted by atomic mass is 32.2. The third kappa shape index (κ3) is 3.80. The molecule has 124 valence electrons. The molecule has 1 heterocycles. The van der Waals surface area contributed by atoms with Gasteiger partial charge in [-0.25, -0.2) is 13.1 Å². The number of aryl methyl sites for hydroxylation is 1. The van der Waals surface area contributed by atoms with Crippen molar-refractivity contribution in [2.75, 3.05) is 20.3 Å². The van der Waals surface area contributed by atoms with Crippen molar-refractivity contribution < 1.29 is 17.9 Å². The Labute approximate surface area is 133 Å². The van der Waals surface area contributed by atoms with E-state index in [0.717, 1.165) is 24.2 Å². The summed E-state index contributed by atoms with van der Waals surface area (Å²) in [7, 11) is -1.94. The van der Waals surface area contributed by atoms with Gasteiger partial charge < -0.3 is 9.47 Å². The van der Waals surface area contributed by atoms with Crippen LogP contribution in [-0.4, -0.2) is 34.8 Å². The Morgan fingerprint density at radius 3 is 2.68 bits per heavy atom. The number of sulfonamides is 1. The van der Waals surface area contributed by atoms with E-state index in [4.69, 9.17) is 9.47 Å². The lowest BCUT2D eigenvalue weighted by Gasteiger charge is -2.17. The van der Waals surface area contributed by atoms with Crippen LogP contribution in [0, 0.1) is 6.92 Å². The molecule has 1 N–H and O–H groups in total. The highest BCUT2D eigenvalue weighted by molar-refractivity contribution is 7.89. The van der Waals surface area contributed by atoms with Crippen LogP contribution in [0.3, 0.4) is 0 Å². The van der Waals surface area contributed by atoms with E-state index in [9.17, 15) is 8.42 Å². The Morgan fingerprint density at radius 2 is 2.14 bits per heavy atom. The highest BCUT2D eigenvalue weighted by Crippen LogP contribution is 2.31. The third-order valence-electron chi connectivity index (χ3n) is 3.96. The van der Waals surface area contributed by atoms with Gasteiger partial charge in [-0.2, -0.15) is 0 Å². The van der Waals surface area contributed by atoms with Gasteiger partial charge in [-0.3, -0.25) is 0 Å². The second kappa shape index (κ2) is 6.98. The van der Waals surface area contributed by atoms with Gasteiger partial charge in [-0.1, -0.05) is 13.8 Å². The molecule has 1 aromatic rings. The first-order valence-electron chi connectivity index (χ1n) is 7.65. The minimum atomic E-state index is -3.54. The van der Waals surface area contributed by atoms with E-state index in [1.165, 1.54) is 0 Å². The van der Waals surface area contributed by atoms with Crippen molar-refractivity contribution in [3.8, 4) is 5.75 Å². The van der Waals surface area contributed by atoms with Gasteiger partial charge in [-0.05, 0) is 48.9 Å². The van der Waals surface area contributed by atoms with E-state index in [1.807, 2.05) is 13.8 Å². The molecule has 1 fully saturated rings. The number of nitrogens with one attached hydrogen (secondary N) is 1. The minimum absolute atomic E-state index is 0.0158. The Kier molecular flexibility index (Phi) is 5.47. The number of rotatable bonds is 6. The molecule has 0 radical (unpaired) electrons. The largest absolute Gasteiger partial charge is 0.496 e. The molecule has 0 saturated carbocycles. The summed E-state index contributed by atoms with van der Waals surface area (Å²) >= 11 is 0. The van der Waals surface area contributed by atoms with Crippen LogP contribution in [0.25, 0.3) is 0 Å². The molecule has 1 atom stereocenters. The highest BCUT2D eigenvalue weighted by Gasteiger charge is 2.23. The molecule has 0 aromatic heterocycles. The molecule has 0 spiro atoms. The Hall–Kier alpha value is -1.11. The smallest absolute Gasteiger partial charge is 0.240 e. The Bertz CT molecular complexity index is 619. The van der Waals surface area contributed by atoms with Gasteiger partial charge in [0, 0.05) is 13.2 Å². The molecule has 0 amide bonds. The van der Waals surface area contributed by atoms with Crippen LogP contribution >= 0.6 is 0 Å². The SMILES string of the molecule is COc1cc(C)c(S(=O)(=O)NC[C@@H]2CCCO2)cc1C(C)C. The average molecular weight is 327 g/mol. The van der Waals surface area contributed by atoms with Crippen LogP contribution in [0.5, 0.6) is 5.75 Å². The van der Waals surface area contributed by atoms with E-state index in [1.54, 1.807) is 26.2 Å². The maximum absolute atomic E-state index is 12.6. The summed E-state index contributed by atoms with van der Waals surface area (Å²) in [6.45, 7) is 6.86. The summed E-state index contributed by atoms with van der Waals surface area (Å²) in [5.41, 5.74) is 1.58. The van der Waals surface area contributed by atoms with Crippen molar-refractivity contribution >= 4 is 10.0 Å². The predicted octanol–water partition coefficient (Wildman–Crippen LogP) is 2.58. The van der Waals surface area contributed by atoms with Gasteiger partial charge in [-0.15, -0.1) is 0 Å². The van der Waals surface area contributed by atoms with E-state index >= 15 is 0 Å². The van der Waals surface area contributed by atoms with Gasteiger partial charge in [0.2, 0.25) is 10.0 Å². The van der Waals surface area contributed by atoms with E-state index in [0.29, 0.717) is 23.6 Å². The standard InChI is InChI=1S/C16H25NO4S/c1-11(2)14-9-16(12(3)8-15(14)20-4)22(18,19)17-10-13-6-5-7-21-13/h8-9,11,13,17H,5-7,10H2,1-4H3/t13-/m0/s1. The fraction of sp³-hybridized carbons (Fsp3) is 0.625. The zero-order chi connectivity index (χ0) is 16.3. The van der Waals surface area contributed by atoms with Crippen molar-refractivity contribution in [1.29, 1.82) is 0 Å². The molecule has 0 aliphatic carbocycles. The Morgan fingerprint density at radius 1 is 1.41 bits per heavy atom. The Balaban J connectivity index is 2.27. The first-order chi connectivity index (χ1) is 10.3. The summed E-state index contributed by atoms with van der Waals surface area (Å²) in [5, 5.41) is 0. The van der Waals surface area contributed by atoms with Crippen LogP contribution < -0.4 is 9.46 Å². The number of hydrogen-bond donors (Lipinski definition) is 1. The van der Waals surface area contributed by atoms with Gasteiger partial charge in [0.1, 0.15) is 5.75 Å². The fourth-order valence-corrected chi connectivity index (χ4v) is 4.01. The summed E-state index contributed by atoms with van der Waals surface area (Å²) in [4.78, 5) is 0.315. The van der Waals surface area contributed by atoms with Gasteiger partial charge in [0.25, 0.3) is 0 Å². The van der Waals surface area contributed by atoms with Crippen LogP contribution in [0.15, 0.2) is 17.0 Å². The third-order valence-corrected chi connectivity index (χ3v) is 5.53. The molecule has 1 aliphatic rings. The van der Waals surface area contributed by atoms with E-state index < -0.39 is 10.0 Å². The van der Waals surface area contributed by atoms with Crippen molar-refractivity contribution in [3.63, 3.8) is 0 Å². The molecule has 5 nitrogen and oxygen atoms in total. The average Bonchev–Trinajstić information content (AvgIpc) is 2.97. The number of methoxy groups -OCH3 is 1. The van der Waals surface area contributed by atoms with Gasteiger partial charge in [0.15, 0.2) is 0 Å². The van der Waals surface area contributed by atoms with Gasteiger partial charge >= 0.3 is 0 Å². The molecule has 1 aromatic carbocycles. The molecule has 1 saturated heterocycles. The second-order valence-electron chi connectivity index (χ2n) is 6.00. The monoisotopic (exact) mass is 327 g/mol. The lowest BCUT2D eigenvalue weighted by molar-refractivity contribution is 0.114. The van der Waals surface area contributed by atoms with E-state index in [-0.39, 0.29) is 12.0 Å². The zero-order valence-corrected chi connectivity index (χ0v) is 14.5. The summed E-state index contributed by atoms with van der Waals surface area (Å²) in [5.74, 6) is 0.910. The van der Waals surface area contributed by atoms with Crippen LogP contribution in [0.1, 0.15) is 43.7 Å². The molecular weight excluding hydrogens is 302 g/mol.